The van der Waals surface area contributed by atoms with Crippen LogP contribution < -0.4 is 0 Å². The number of hydrogen-bond donors (Lipinski definition) is 1. The fourth-order valence-corrected chi connectivity index (χ4v) is 5.37. The Labute approximate surface area is 191 Å². The number of phenolic OH excluding ortho intramolecular Hbond substituents is 1. The Morgan fingerprint density at radius 1 is 0.656 bits per heavy atom. The van der Waals surface area contributed by atoms with E-state index < -0.39 is 0 Å². The van der Waals surface area contributed by atoms with Gasteiger partial charge in [0.05, 0.1) is 0 Å². The lowest BCUT2D eigenvalue weighted by Crippen LogP contribution is -2.05. The summed E-state index contributed by atoms with van der Waals surface area (Å²) in [5, 5.41) is 11.5. The Balaban J connectivity index is 1.87. The van der Waals surface area contributed by atoms with E-state index in [1.54, 1.807) is 0 Å². The summed E-state index contributed by atoms with van der Waals surface area (Å²) >= 11 is 0. The molecule has 4 aromatic rings. The fourth-order valence-electron chi connectivity index (χ4n) is 5.37. The van der Waals surface area contributed by atoms with Crippen molar-refractivity contribution in [1.82, 2.24) is 0 Å². The summed E-state index contributed by atoms with van der Waals surface area (Å²) in [5.74, 6) is 1.05. The van der Waals surface area contributed by atoms with Gasteiger partial charge in [-0.05, 0) is 74.4 Å². The van der Waals surface area contributed by atoms with Crippen LogP contribution in [0.5, 0.6) is 5.75 Å². The van der Waals surface area contributed by atoms with E-state index in [1.165, 1.54) is 38.9 Å². The molecule has 0 atom stereocenters. The molecule has 0 heterocycles. The third kappa shape index (κ3) is 3.24. The van der Waals surface area contributed by atoms with Crippen molar-refractivity contribution in [2.24, 2.45) is 0 Å². The standard InChI is InChI=1S/C31H30O/c1-19(2)26-18-28(32)31(30(29(26)20(3)4)21-11-6-5-7-12-21)25-16-10-15-24-23-14-9-8-13-22(23)17-27(24)25/h5-16,18-20,32H,17H2,1-4H3. The zero-order valence-corrected chi connectivity index (χ0v) is 19.3. The third-order valence-electron chi connectivity index (χ3n) is 6.76. The van der Waals surface area contributed by atoms with Gasteiger partial charge in [-0.1, -0.05) is 100 Å². The van der Waals surface area contributed by atoms with Gasteiger partial charge >= 0.3 is 0 Å². The summed E-state index contributed by atoms with van der Waals surface area (Å²) in [7, 11) is 0. The maximum atomic E-state index is 11.5. The van der Waals surface area contributed by atoms with Crippen LogP contribution in [-0.4, -0.2) is 5.11 Å². The predicted octanol–water partition coefficient (Wildman–Crippen LogP) is 8.54. The highest BCUT2D eigenvalue weighted by atomic mass is 16.3. The summed E-state index contributed by atoms with van der Waals surface area (Å²) in [4.78, 5) is 0. The molecule has 32 heavy (non-hydrogen) atoms. The van der Waals surface area contributed by atoms with Crippen LogP contribution in [0.25, 0.3) is 33.4 Å². The Hall–Kier alpha value is -3.32. The lowest BCUT2D eigenvalue weighted by Gasteiger charge is -2.26. The normalized spacial score (nSPS) is 12.3. The monoisotopic (exact) mass is 418 g/mol. The molecule has 0 amide bonds. The van der Waals surface area contributed by atoms with Crippen LogP contribution in [0.2, 0.25) is 0 Å². The molecule has 1 nitrogen and oxygen atoms in total. The average Bonchev–Trinajstić information content (AvgIpc) is 3.18. The van der Waals surface area contributed by atoms with Crippen molar-refractivity contribution in [1.29, 1.82) is 0 Å². The fraction of sp³-hybridized carbons (Fsp3) is 0.226. The van der Waals surface area contributed by atoms with Gasteiger partial charge in [0, 0.05) is 5.56 Å². The molecule has 5 rings (SSSR count). The Morgan fingerprint density at radius 2 is 1.31 bits per heavy atom. The minimum atomic E-state index is 0.334. The molecule has 0 bridgehead atoms. The van der Waals surface area contributed by atoms with Gasteiger partial charge in [-0.15, -0.1) is 0 Å². The van der Waals surface area contributed by atoms with E-state index in [9.17, 15) is 5.11 Å². The number of benzene rings is 4. The Kier molecular flexibility index (Phi) is 5.13. The molecule has 0 aliphatic heterocycles. The summed E-state index contributed by atoms with van der Waals surface area (Å²) in [6.45, 7) is 8.96. The zero-order chi connectivity index (χ0) is 22.4. The first-order valence-electron chi connectivity index (χ1n) is 11.6. The molecule has 0 radical (unpaired) electrons. The van der Waals surface area contributed by atoms with Crippen molar-refractivity contribution in [3.05, 3.63) is 101 Å². The minimum absolute atomic E-state index is 0.334. The summed E-state index contributed by atoms with van der Waals surface area (Å²) in [5.41, 5.74) is 12.3. The second-order valence-corrected chi connectivity index (χ2v) is 9.49. The molecule has 0 saturated heterocycles. The van der Waals surface area contributed by atoms with Crippen LogP contribution in [-0.2, 0) is 6.42 Å². The molecule has 4 aromatic carbocycles. The summed E-state index contributed by atoms with van der Waals surface area (Å²) in [6, 6.07) is 27.8. The van der Waals surface area contributed by atoms with Crippen LogP contribution in [0.3, 0.4) is 0 Å². The van der Waals surface area contributed by atoms with E-state index in [1.807, 2.05) is 6.07 Å². The molecule has 1 heteroatoms. The number of hydrogen-bond acceptors (Lipinski definition) is 1. The van der Waals surface area contributed by atoms with Crippen LogP contribution in [0.1, 0.15) is 61.8 Å². The minimum Gasteiger partial charge on any atom is -0.507 e. The van der Waals surface area contributed by atoms with E-state index in [4.69, 9.17) is 0 Å². The molecular formula is C31H30O. The van der Waals surface area contributed by atoms with Gasteiger partial charge < -0.3 is 5.11 Å². The smallest absolute Gasteiger partial charge is 0.124 e. The molecule has 1 aliphatic carbocycles. The summed E-state index contributed by atoms with van der Waals surface area (Å²) in [6.07, 6.45) is 0.901. The first kappa shape index (κ1) is 20.6. The van der Waals surface area contributed by atoms with E-state index in [-0.39, 0.29) is 0 Å². The van der Waals surface area contributed by atoms with E-state index in [2.05, 4.69) is 100 Å². The molecule has 1 N–H and O–H groups in total. The lowest BCUT2D eigenvalue weighted by atomic mass is 9.79. The molecule has 0 saturated carbocycles. The van der Waals surface area contributed by atoms with Crippen molar-refractivity contribution in [2.45, 2.75) is 46.0 Å². The molecule has 0 unspecified atom stereocenters. The van der Waals surface area contributed by atoms with Crippen molar-refractivity contribution >= 4 is 0 Å². The molecular weight excluding hydrogens is 388 g/mol. The van der Waals surface area contributed by atoms with Gasteiger partial charge in [0.15, 0.2) is 0 Å². The van der Waals surface area contributed by atoms with Crippen LogP contribution >= 0.6 is 0 Å². The number of rotatable bonds is 4. The predicted molar refractivity (Wildman–Crippen MR) is 135 cm³/mol. The molecule has 1 aliphatic rings. The van der Waals surface area contributed by atoms with Gasteiger partial charge in [-0.25, -0.2) is 0 Å². The highest BCUT2D eigenvalue weighted by molar-refractivity contribution is 5.95. The first-order chi connectivity index (χ1) is 15.5. The van der Waals surface area contributed by atoms with Crippen LogP contribution in [0.15, 0.2) is 78.9 Å². The van der Waals surface area contributed by atoms with Gasteiger partial charge in [-0.3, -0.25) is 0 Å². The average molecular weight is 419 g/mol. The maximum Gasteiger partial charge on any atom is 0.124 e. The lowest BCUT2D eigenvalue weighted by molar-refractivity contribution is 0.475. The largest absolute Gasteiger partial charge is 0.507 e. The molecule has 160 valence electrons. The number of fused-ring (bicyclic) bond motifs is 3. The SMILES string of the molecule is CC(C)c1cc(O)c(-c2cccc3c2Cc2ccccc2-3)c(-c2ccccc2)c1C(C)C. The van der Waals surface area contributed by atoms with E-state index >= 15 is 0 Å². The van der Waals surface area contributed by atoms with Crippen LogP contribution in [0.4, 0.5) is 0 Å². The maximum absolute atomic E-state index is 11.5. The second kappa shape index (κ2) is 7.98. The zero-order valence-electron chi connectivity index (χ0n) is 19.3. The molecule has 0 spiro atoms. The van der Waals surface area contributed by atoms with Gasteiger partial charge in [0.25, 0.3) is 0 Å². The van der Waals surface area contributed by atoms with Crippen molar-refractivity contribution in [3.63, 3.8) is 0 Å². The van der Waals surface area contributed by atoms with Crippen molar-refractivity contribution in [2.75, 3.05) is 0 Å². The summed E-state index contributed by atoms with van der Waals surface area (Å²) < 4.78 is 0. The third-order valence-corrected chi connectivity index (χ3v) is 6.76. The van der Waals surface area contributed by atoms with Gasteiger partial charge in [0.1, 0.15) is 5.75 Å². The van der Waals surface area contributed by atoms with E-state index in [0.717, 1.165) is 23.1 Å². The number of aromatic hydroxyl groups is 1. The highest BCUT2D eigenvalue weighted by Gasteiger charge is 2.27. The van der Waals surface area contributed by atoms with Crippen molar-refractivity contribution in [3.8, 4) is 39.1 Å². The second-order valence-electron chi connectivity index (χ2n) is 9.49. The first-order valence-corrected chi connectivity index (χ1v) is 11.6. The van der Waals surface area contributed by atoms with E-state index in [0.29, 0.717) is 17.6 Å². The van der Waals surface area contributed by atoms with Crippen LogP contribution in [0, 0.1) is 0 Å². The van der Waals surface area contributed by atoms with Crippen molar-refractivity contribution < 1.29 is 5.11 Å². The molecule has 0 fully saturated rings. The topological polar surface area (TPSA) is 20.2 Å². The van der Waals surface area contributed by atoms with Gasteiger partial charge in [0.2, 0.25) is 0 Å². The Bertz CT molecular complexity index is 1300. The van der Waals surface area contributed by atoms with Gasteiger partial charge in [-0.2, -0.15) is 0 Å². The number of phenols is 1. The Morgan fingerprint density at radius 3 is 2.03 bits per heavy atom. The molecule has 0 aromatic heterocycles. The quantitative estimate of drug-likeness (QED) is 0.310. The highest BCUT2D eigenvalue weighted by Crippen LogP contribution is 2.50.